The lowest BCUT2D eigenvalue weighted by atomic mass is 10.0. The third kappa shape index (κ3) is 2.62. The van der Waals surface area contributed by atoms with Gasteiger partial charge >= 0.3 is 0 Å². The van der Waals surface area contributed by atoms with Crippen molar-refractivity contribution in [1.29, 1.82) is 0 Å². The second-order valence-electron chi connectivity index (χ2n) is 5.73. The predicted molar refractivity (Wildman–Crippen MR) is 82.0 cm³/mol. The predicted octanol–water partition coefficient (Wildman–Crippen LogP) is -0.133. The summed E-state index contributed by atoms with van der Waals surface area (Å²) in [7, 11) is 1.51. The summed E-state index contributed by atoms with van der Waals surface area (Å²) < 4.78 is 5.22. The zero-order valence-electron chi connectivity index (χ0n) is 13.1. The van der Waals surface area contributed by atoms with Gasteiger partial charge in [0.1, 0.15) is 17.8 Å². The fraction of sp³-hybridized carbons (Fsp3) is 0.438. The molecule has 23 heavy (non-hydrogen) atoms. The monoisotopic (exact) mass is 317 g/mol. The standard InChI is InChI=1S/C16H19N3O4/c1-10-15(21)19-8-7-18(9-12(19)14(20)17-10)16(22)11-5-3-4-6-13(11)23-2/h3-6,10,12H,7-9H2,1-2H3,(H,17,20)/t10-,12-/m1/s1. The molecule has 0 saturated carbocycles. The van der Waals surface area contributed by atoms with Crippen molar-refractivity contribution in [3.05, 3.63) is 29.8 Å². The van der Waals surface area contributed by atoms with Crippen molar-refractivity contribution in [2.75, 3.05) is 26.7 Å². The summed E-state index contributed by atoms with van der Waals surface area (Å²) in [5.41, 5.74) is 0.458. The number of hydrogen-bond acceptors (Lipinski definition) is 4. The first-order valence-corrected chi connectivity index (χ1v) is 7.56. The molecule has 0 aliphatic carbocycles. The number of para-hydroxylation sites is 1. The van der Waals surface area contributed by atoms with Crippen molar-refractivity contribution in [2.24, 2.45) is 0 Å². The van der Waals surface area contributed by atoms with E-state index in [1.807, 2.05) is 0 Å². The normalized spacial score (nSPS) is 24.1. The van der Waals surface area contributed by atoms with Gasteiger partial charge in [-0.15, -0.1) is 0 Å². The molecule has 3 amide bonds. The third-order valence-electron chi connectivity index (χ3n) is 4.32. The average molecular weight is 317 g/mol. The quantitative estimate of drug-likeness (QED) is 0.824. The molecule has 2 fully saturated rings. The SMILES string of the molecule is COc1ccccc1C(=O)N1CCN2C(=O)[C@@H](C)NC(=O)[C@H]2C1. The highest BCUT2D eigenvalue weighted by Gasteiger charge is 2.43. The highest BCUT2D eigenvalue weighted by Crippen LogP contribution is 2.22. The zero-order chi connectivity index (χ0) is 16.6. The van der Waals surface area contributed by atoms with Gasteiger partial charge in [-0.25, -0.2) is 0 Å². The topological polar surface area (TPSA) is 79.0 Å². The molecule has 0 radical (unpaired) electrons. The first kappa shape index (κ1) is 15.3. The summed E-state index contributed by atoms with van der Waals surface area (Å²) in [4.78, 5) is 40.2. The van der Waals surface area contributed by atoms with E-state index in [0.717, 1.165) is 0 Å². The molecule has 7 heteroatoms. The maximum atomic E-state index is 12.7. The lowest BCUT2D eigenvalue weighted by Gasteiger charge is -2.44. The van der Waals surface area contributed by atoms with E-state index in [4.69, 9.17) is 4.74 Å². The molecule has 0 bridgehead atoms. The van der Waals surface area contributed by atoms with E-state index in [1.165, 1.54) is 7.11 Å². The Kier molecular flexibility index (Phi) is 3.94. The van der Waals surface area contributed by atoms with Gasteiger partial charge in [0.05, 0.1) is 19.2 Å². The Morgan fingerprint density at radius 2 is 2.00 bits per heavy atom. The molecule has 0 spiro atoms. The van der Waals surface area contributed by atoms with E-state index in [9.17, 15) is 14.4 Å². The van der Waals surface area contributed by atoms with Crippen LogP contribution in [-0.2, 0) is 9.59 Å². The van der Waals surface area contributed by atoms with Crippen molar-refractivity contribution >= 4 is 17.7 Å². The number of methoxy groups -OCH3 is 1. The van der Waals surface area contributed by atoms with Crippen LogP contribution >= 0.6 is 0 Å². The summed E-state index contributed by atoms with van der Waals surface area (Å²) in [5, 5.41) is 2.66. The Bertz CT molecular complexity index is 660. The lowest BCUT2D eigenvalue weighted by Crippen LogP contribution is -2.69. The summed E-state index contributed by atoms with van der Waals surface area (Å²) in [6.45, 7) is 2.63. The summed E-state index contributed by atoms with van der Waals surface area (Å²) in [6.07, 6.45) is 0. The van der Waals surface area contributed by atoms with Crippen molar-refractivity contribution in [3.8, 4) is 5.75 Å². The number of carbonyl (C=O) groups is 3. The largest absolute Gasteiger partial charge is 0.496 e. The molecule has 0 unspecified atom stereocenters. The summed E-state index contributed by atoms with van der Waals surface area (Å²) >= 11 is 0. The highest BCUT2D eigenvalue weighted by molar-refractivity contribution is 6.00. The van der Waals surface area contributed by atoms with E-state index in [1.54, 1.807) is 41.0 Å². The van der Waals surface area contributed by atoms with Crippen LogP contribution in [0.5, 0.6) is 5.75 Å². The van der Waals surface area contributed by atoms with Crippen LogP contribution in [0.1, 0.15) is 17.3 Å². The molecule has 0 aromatic heterocycles. The Morgan fingerprint density at radius 3 is 2.74 bits per heavy atom. The molecule has 122 valence electrons. The number of ether oxygens (including phenoxy) is 1. The van der Waals surface area contributed by atoms with Crippen LogP contribution in [0.25, 0.3) is 0 Å². The molecule has 3 rings (SSSR count). The number of piperazine rings is 2. The van der Waals surface area contributed by atoms with Gasteiger partial charge in [-0.05, 0) is 19.1 Å². The van der Waals surface area contributed by atoms with E-state index < -0.39 is 12.1 Å². The number of nitrogens with one attached hydrogen (secondary N) is 1. The van der Waals surface area contributed by atoms with Crippen molar-refractivity contribution in [2.45, 2.75) is 19.0 Å². The van der Waals surface area contributed by atoms with Crippen molar-refractivity contribution < 1.29 is 19.1 Å². The molecule has 2 aliphatic rings. The molecule has 2 saturated heterocycles. The fourth-order valence-electron chi connectivity index (χ4n) is 3.07. The minimum absolute atomic E-state index is 0.0982. The maximum absolute atomic E-state index is 12.7. The number of rotatable bonds is 2. The summed E-state index contributed by atoms with van der Waals surface area (Å²) in [5.74, 6) is -0.00712. The van der Waals surface area contributed by atoms with Gasteiger partial charge < -0.3 is 19.9 Å². The Morgan fingerprint density at radius 1 is 1.26 bits per heavy atom. The van der Waals surface area contributed by atoms with E-state index >= 15 is 0 Å². The van der Waals surface area contributed by atoms with Crippen LogP contribution in [-0.4, -0.2) is 66.3 Å². The molecule has 1 N–H and O–H groups in total. The lowest BCUT2D eigenvalue weighted by molar-refractivity contribution is -0.151. The molecule has 7 nitrogen and oxygen atoms in total. The third-order valence-corrected chi connectivity index (χ3v) is 4.32. The van der Waals surface area contributed by atoms with Gasteiger partial charge in [0.15, 0.2) is 0 Å². The molecule has 2 atom stereocenters. The van der Waals surface area contributed by atoms with Crippen molar-refractivity contribution in [3.63, 3.8) is 0 Å². The minimum Gasteiger partial charge on any atom is -0.496 e. The molecular formula is C16H19N3O4. The highest BCUT2D eigenvalue weighted by atomic mass is 16.5. The number of amides is 3. The van der Waals surface area contributed by atoms with Crippen LogP contribution in [0.3, 0.4) is 0 Å². The van der Waals surface area contributed by atoms with Crippen LogP contribution in [0.4, 0.5) is 0 Å². The van der Waals surface area contributed by atoms with E-state index in [0.29, 0.717) is 24.4 Å². The van der Waals surface area contributed by atoms with Crippen LogP contribution in [0.15, 0.2) is 24.3 Å². The first-order chi connectivity index (χ1) is 11.0. The van der Waals surface area contributed by atoms with Crippen molar-refractivity contribution in [1.82, 2.24) is 15.1 Å². The Balaban J connectivity index is 1.80. The number of hydrogen-bond donors (Lipinski definition) is 1. The minimum atomic E-state index is -0.619. The van der Waals surface area contributed by atoms with Gasteiger partial charge in [0.2, 0.25) is 11.8 Å². The van der Waals surface area contributed by atoms with E-state index in [2.05, 4.69) is 5.32 Å². The zero-order valence-corrected chi connectivity index (χ0v) is 13.1. The van der Waals surface area contributed by atoms with Crippen LogP contribution < -0.4 is 10.1 Å². The average Bonchev–Trinajstić information content (AvgIpc) is 2.58. The van der Waals surface area contributed by atoms with Gasteiger partial charge in [0.25, 0.3) is 5.91 Å². The smallest absolute Gasteiger partial charge is 0.257 e. The van der Waals surface area contributed by atoms with Crippen LogP contribution in [0.2, 0.25) is 0 Å². The maximum Gasteiger partial charge on any atom is 0.257 e. The van der Waals surface area contributed by atoms with Gasteiger partial charge in [0, 0.05) is 13.1 Å². The number of carbonyl (C=O) groups excluding carboxylic acids is 3. The molecule has 1 aromatic rings. The van der Waals surface area contributed by atoms with Crippen LogP contribution in [0, 0.1) is 0 Å². The van der Waals surface area contributed by atoms with Gasteiger partial charge in [-0.3, -0.25) is 14.4 Å². The molecule has 2 heterocycles. The van der Waals surface area contributed by atoms with E-state index in [-0.39, 0.29) is 24.3 Å². The second kappa shape index (κ2) is 5.91. The first-order valence-electron chi connectivity index (χ1n) is 7.56. The molecule has 1 aromatic carbocycles. The number of nitrogens with zero attached hydrogens (tertiary/aromatic N) is 2. The van der Waals surface area contributed by atoms with Gasteiger partial charge in [-0.2, -0.15) is 0 Å². The Hall–Kier alpha value is -2.57. The van der Waals surface area contributed by atoms with Gasteiger partial charge in [-0.1, -0.05) is 12.1 Å². The Labute approximate surface area is 134 Å². The second-order valence-corrected chi connectivity index (χ2v) is 5.73. The molecular weight excluding hydrogens is 298 g/mol. The summed E-state index contributed by atoms with van der Waals surface area (Å²) in [6, 6.07) is 5.86. The number of fused-ring (bicyclic) bond motifs is 1. The fourth-order valence-corrected chi connectivity index (χ4v) is 3.07. The number of benzene rings is 1. The molecule has 2 aliphatic heterocycles.